The first kappa shape index (κ1) is 15.7. The highest BCUT2D eigenvalue weighted by Crippen LogP contribution is 2.28. The Morgan fingerprint density at radius 2 is 2.12 bits per heavy atom. The van der Waals surface area contributed by atoms with Gasteiger partial charge in [-0.1, -0.05) is 35.0 Å². The highest BCUT2D eigenvalue weighted by atomic mass is 35.5. The molecule has 0 bridgehead atoms. The maximum Gasteiger partial charge on any atom is 0.233 e. The Balaban J connectivity index is 1.37. The summed E-state index contributed by atoms with van der Waals surface area (Å²) in [5.74, 6) is 1.01. The molecule has 1 saturated heterocycles. The van der Waals surface area contributed by atoms with Crippen molar-refractivity contribution in [3.05, 3.63) is 59.3 Å². The molecule has 0 atom stereocenters. The Morgan fingerprint density at radius 1 is 1.28 bits per heavy atom. The van der Waals surface area contributed by atoms with E-state index in [9.17, 15) is 4.79 Å². The molecular weight excluding hydrogens is 342 g/mol. The molecule has 1 amide bonds. The van der Waals surface area contributed by atoms with Crippen molar-refractivity contribution in [2.24, 2.45) is 0 Å². The topological polar surface area (TPSA) is 85.0 Å². The predicted octanol–water partition coefficient (Wildman–Crippen LogP) is 2.35. The van der Waals surface area contributed by atoms with Crippen LogP contribution in [0.15, 0.2) is 47.4 Å². The van der Waals surface area contributed by atoms with Gasteiger partial charge in [0.25, 0.3) is 0 Å². The van der Waals surface area contributed by atoms with Gasteiger partial charge < -0.3 is 9.42 Å². The average molecular weight is 356 g/mol. The first-order valence-electron chi connectivity index (χ1n) is 7.82. The summed E-state index contributed by atoms with van der Waals surface area (Å²) < 4.78 is 5.30. The molecule has 0 N–H and O–H groups in total. The molecule has 7 nitrogen and oxygen atoms in total. The zero-order chi connectivity index (χ0) is 17.2. The summed E-state index contributed by atoms with van der Waals surface area (Å²) >= 11 is 6.10. The van der Waals surface area contributed by atoms with E-state index in [-0.39, 0.29) is 11.8 Å². The van der Waals surface area contributed by atoms with E-state index in [1.54, 1.807) is 29.6 Å². The van der Waals surface area contributed by atoms with Crippen molar-refractivity contribution in [2.75, 3.05) is 13.1 Å². The van der Waals surface area contributed by atoms with Crippen LogP contribution < -0.4 is 0 Å². The maximum atomic E-state index is 12.3. The van der Waals surface area contributed by atoms with Crippen molar-refractivity contribution in [1.29, 1.82) is 0 Å². The molecular formula is C17H14ClN5O2. The number of amides is 1. The van der Waals surface area contributed by atoms with Crippen LogP contribution in [0.25, 0.3) is 11.5 Å². The molecule has 0 spiro atoms. The zero-order valence-electron chi connectivity index (χ0n) is 13.2. The molecule has 0 radical (unpaired) electrons. The summed E-state index contributed by atoms with van der Waals surface area (Å²) in [7, 11) is 0. The van der Waals surface area contributed by atoms with Crippen LogP contribution in [0.4, 0.5) is 0 Å². The number of halogens is 1. The van der Waals surface area contributed by atoms with Gasteiger partial charge >= 0.3 is 0 Å². The molecule has 126 valence electrons. The highest BCUT2D eigenvalue weighted by Gasteiger charge is 2.35. The van der Waals surface area contributed by atoms with Gasteiger partial charge in [-0.3, -0.25) is 9.78 Å². The van der Waals surface area contributed by atoms with Gasteiger partial charge in [-0.15, -0.1) is 0 Å². The quantitative estimate of drug-likeness (QED) is 0.714. The smallest absolute Gasteiger partial charge is 0.233 e. The van der Waals surface area contributed by atoms with E-state index >= 15 is 0 Å². The van der Waals surface area contributed by atoms with Gasteiger partial charge in [0.15, 0.2) is 0 Å². The lowest BCUT2D eigenvalue weighted by Crippen LogP contribution is -2.49. The second kappa shape index (κ2) is 6.60. The summed E-state index contributed by atoms with van der Waals surface area (Å²) in [4.78, 5) is 26.6. The van der Waals surface area contributed by atoms with Gasteiger partial charge in [-0.2, -0.15) is 4.98 Å². The summed E-state index contributed by atoms with van der Waals surface area (Å²) in [6.45, 7) is 1.12. The van der Waals surface area contributed by atoms with Crippen molar-refractivity contribution in [3.63, 3.8) is 0 Å². The molecule has 1 aliphatic heterocycles. The standard InChI is InChI=1S/C17H14ClN5O2/c18-13-4-2-1-3-11(13)7-15(24)23-9-12(10-23)17-21-16(22-25-17)14-8-19-5-6-20-14/h1-6,8,12H,7,9-10H2. The van der Waals surface area contributed by atoms with Gasteiger partial charge in [-0.05, 0) is 11.6 Å². The third-order valence-corrected chi connectivity index (χ3v) is 4.49. The van der Waals surface area contributed by atoms with E-state index in [1.807, 2.05) is 18.2 Å². The average Bonchev–Trinajstić information content (AvgIpc) is 3.06. The minimum Gasteiger partial charge on any atom is -0.341 e. The summed E-state index contributed by atoms with van der Waals surface area (Å²) in [6.07, 6.45) is 5.03. The number of rotatable bonds is 4. The van der Waals surface area contributed by atoms with Crippen LogP contribution >= 0.6 is 11.6 Å². The largest absolute Gasteiger partial charge is 0.341 e. The van der Waals surface area contributed by atoms with Crippen LogP contribution in [0.5, 0.6) is 0 Å². The molecule has 25 heavy (non-hydrogen) atoms. The molecule has 0 unspecified atom stereocenters. The lowest BCUT2D eigenvalue weighted by Gasteiger charge is -2.37. The van der Waals surface area contributed by atoms with Gasteiger partial charge in [0.2, 0.25) is 17.6 Å². The number of nitrogens with zero attached hydrogens (tertiary/aromatic N) is 5. The minimum atomic E-state index is 0.0398. The molecule has 3 aromatic rings. The molecule has 8 heteroatoms. The number of benzene rings is 1. The van der Waals surface area contributed by atoms with Crippen LogP contribution in [0.2, 0.25) is 5.02 Å². The fourth-order valence-electron chi connectivity index (χ4n) is 2.67. The summed E-state index contributed by atoms with van der Waals surface area (Å²) in [6, 6.07) is 7.37. The van der Waals surface area contributed by atoms with E-state index in [0.29, 0.717) is 41.9 Å². The fraction of sp³-hybridized carbons (Fsp3) is 0.235. The molecule has 1 aromatic carbocycles. The SMILES string of the molecule is O=C(Cc1ccccc1Cl)N1CC(c2nc(-c3cnccn3)no2)C1. The Bertz CT molecular complexity index is 893. The lowest BCUT2D eigenvalue weighted by atomic mass is 9.99. The van der Waals surface area contributed by atoms with Crippen molar-refractivity contribution < 1.29 is 9.32 Å². The fourth-order valence-corrected chi connectivity index (χ4v) is 2.88. The van der Waals surface area contributed by atoms with E-state index in [4.69, 9.17) is 16.1 Å². The summed E-state index contributed by atoms with van der Waals surface area (Å²) in [5, 5.41) is 4.54. The van der Waals surface area contributed by atoms with Gasteiger partial charge in [0.05, 0.1) is 18.5 Å². The molecule has 1 aliphatic rings. The van der Waals surface area contributed by atoms with Crippen LogP contribution in [-0.2, 0) is 11.2 Å². The third-order valence-electron chi connectivity index (χ3n) is 4.12. The number of carbonyl (C=O) groups is 1. The first-order chi connectivity index (χ1) is 12.2. The molecule has 1 fully saturated rings. The van der Waals surface area contributed by atoms with Crippen molar-refractivity contribution >= 4 is 17.5 Å². The number of hydrogen-bond donors (Lipinski definition) is 0. The normalized spacial score (nSPS) is 14.4. The Kier molecular flexibility index (Phi) is 4.15. The predicted molar refractivity (Wildman–Crippen MR) is 89.8 cm³/mol. The maximum absolute atomic E-state index is 12.3. The van der Waals surface area contributed by atoms with Gasteiger partial charge in [0, 0.05) is 30.5 Å². The molecule has 2 aromatic heterocycles. The second-order valence-corrected chi connectivity index (χ2v) is 6.22. The van der Waals surface area contributed by atoms with Crippen LogP contribution in [0, 0.1) is 0 Å². The Labute approximate surface area is 148 Å². The summed E-state index contributed by atoms with van der Waals surface area (Å²) in [5.41, 5.74) is 1.39. The van der Waals surface area contributed by atoms with Crippen LogP contribution in [-0.4, -0.2) is 44.0 Å². The third kappa shape index (κ3) is 3.23. The van der Waals surface area contributed by atoms with Crippen molar-refractivity contribution in [3.8, 4) is 11.5 Å². The van der Waals surface area contributed by atoms with E-state index in [2.05, 4.69) is 20.1 Å². The van der Waals surface area contributed by atoms with Crippen molar-refractivity contribution in [2.45, 2.75) is 12.3 Å². The van der Waals surface area contributed by atoms with Crippen LogP contribution in [0.1, 0.15) is 17.4 Å². The van der Waals surface area contributed by atoms with E-state index in [0.717, 1.165) is 5.56 Å². The molecule has 3 heterocycles. The van der Waals surface area contributed by atoms with Gasteiger partial charge in [-0.25, -0.2) is 4.98 Å². The molecule has 0 aliphatic carbocycles. The Hall–Kier alpha value is -2.80. The Morgan fingerprint density at radius 3 is 2.88 bits per heavy atom. The highest BCUT2D eigenvalue weighted by molar-refractivity contribution is 6.31. The number of hydrogen-bond acceptors (Lipinski definition) is 6. The lowest BCUT2D eigenvalue weighted by molar-refractivity contribution is -0.135. The van der Waals surface area contributed by atoms with Crippen molar-refractivity contribution in [1.82, 2.24) is 25.0 Å². The minimum absolute atomic E-state index is 0.0398. The zero-order valence-corrected chi connectivity index (χ0v) is 13.9. The monoisotopic (exact) mass is 355 g/mol. The number of aromatic nitrogens is 4. The number of likely N-dealkylation sites (tertiary alicyclic amines) is 1. The van der Waals surface area contributed by atoms with E-state index < -0.39 is 0 Å². The molecule has 0 saturated carbocycles. The van der Waals surface area contributed by atoms with E-state index in [1.165, 1.54) is 0 Å². The second-order valence-electron chi connectivity index (χ2n) is 5.81. The van der Waals surface area contributed by atoms with Gasteiger partial charge in [0.1, 0.15) is 5.69 Å². The van der Waals surface area contributed by atoms with Crippen LogP contribution in [0.3, 0.4) is 0 Å². The molecule has 4 rings (SSSR count). The number of carbonyl (C=O) groups excluding carboxylic acids is 1. The first-order valence-corrected chi connectivity index (χ1v) is 8.19.